The summed E-state index contributed by atoms with van der Waals surface area (Å²) < 4.78 is 69.9. The molecule has 0 atom stereocenters. The second-order valence-corrected chi connectivity index (χ2v) is 16.5. The monoisotopic (exact) mass is 892 g/mol. The number of anilines is 2. The summed E-state index contributed by atoms with van der Waals surface area (Å²) in [7, 11) is -5.19. The van der Waals surface area contributed by atoms with Crippen LogP contribution in [0.3, 0.4) is 0 Å². The number of carbonyl (C=O) groups is 2. The van der Waals surface area contributed by atoms with Gasteiger partial charge in [-0.1, -0.05) is 65.7 Å². The summed E-state index contributed by atoms with van der Waals surface area (Å²) >= 11 is 12.1. The normalized spacial score (nSPS) is 11.0. The number of hydrogen-bond acceptors (Lipinski definition) is 10. The summed E-state index contributed by atoms with van der Waals surface area (Å²) in [5.41, 5.74) is 1.83. The summed E-state index contributed by atoms with van der Waals surface area (Å²) in [5.74, 6) is 1.29. The maximum atomic E-state index is 12.3. The number of benzene rings is 6. The number of ether oxygens (including phenoxy) is 4. The van der Waals surface area contributed by atoms with Crippen molar-refractivity contribution in [2.45, 2.75) is 22.6 Å². The summed E-state index contributed by atoms with van der Waals surface area (Å²) in [5, 5.41) is 16.9. The van der Waals surface area contributed by atoms with Crippen LogP contribution in [0.5, 0.6) is 34.5 Å². The smallest absolute Gasteiger partial charge is 0.241 e. The van der Waals surface area contributed by atoms with E-state index < -0.39 is 20.0 Å². The van der Waals surface area contributed by atoms with Gasteiger partial charge >= 0.3 is 0 Å². The van der Waals surface area contributed by atoms with Crippen LogP contribution in [-0.2, 0) is 42.5 Å². The molecule has 0 aliphatic carbocycles. The standard InChI is InChI=1S/2C21H19ClN2O5S/c1-28-16-6-4-7-17(13-16)29-19-10-9-15(12-20(19)30(23,26)27)24-21(25)11-14-5-2-3-8-18(14)22;1-28-16-7-9-17(10-8-16)29-19-11-6-15(13-20(19)30(23,26)27)24-21(25)12-14-4-2-3-5-18(14)22/h2-10,12-13H,11H2,1H3,(H,24,25)(H2,23,26,27);2-11,13H,12H2,1H3,(H,24,25)(H2,23,26,27). The van der Waals surface area contributed by atoms with Crippen molar-refractivity contribution in [2.24, 2.45) is 10.3 Å². The zero-order chi connectivity index (χ0) is 43.5. The van der Waals surface area contributed by atoms with Gasteiger partial charge in [0.1, 0.15) is 44.3 Å². The van der Waals surface area contributed by atoms with Crippen LogP contribution in [0.2, 0.25) is 10.0 Å². The average molecular weight is 894 g/mol. The molecule has 0 fully saturated rings. The molecule has 0 aliphatic heterocycles. The van der Waals surface area contributed by atoms with Crippen molar-refractivity contribution < 1.29 is 45.4 Å². The maximum absolute atomic E-state index is 12.3. The van der Waals surface area contributed by atoms with E-state index in [-0.39, 0.29) is 57.3 Å². The number of methoxy groups -OCH3 is 2. The third-order valence-electron chi connectivity index (χ3n) is 8.24. The Bertz CT molecular complexity index is 2720. The highest BCUT2D eigenvalue weighted by Crippen LogP contribution is 2.33. The summed E-state index contributed by atoms with van der Waals surface area (Å²) in [6.07, 6.45) is 0.0704. The van der Waals surface area contributed by atoms with E-state index in [4.69, 9.17) is 52.4 Å². The first-order valence-electron chi connectivity index (χ1n) is 17.6. The lowest BCUT2D eigenvalue weighted by atomic mass is 10.1. The fraction of sp³-hybridized carbons (Fsp3) is 0.0952. The molecule has 6 rings (SSSR count). The van der Waals surface area contributed by atoms with Crippen LogP contribution in [0, 0.1) is 0 Å². The predicted molar refractivity (Wildman–Crippen MR) is 229 cm³/mol. The number of halogens is 2. The van der Waals surface area contributed by atoms with Crippen LogP contribution in [0.15, 0.2) is 143 Å². The molecule has 6 N–H and O–H groups in total. The third kappa shape index (κ3) is 12.9. The van der Waals surface area contributed by atoms with Gasteiger partial charge in [-0.15, -0.1) is 0 Å². The molecule has 0 bridgehead atoms. The molecule has 14 nitrogen and oxygen atoms in total. The molecule has 0 heterocycles. The third-order valence-corrected chi connectivity index (χ3v) is 10.8. The number of nitrogens with two attached hydrogens (primary N) is 2. The van der Waals surface area contributed by atoms with E-state index in [1.807, 2.05) is 0 Å². The van der Waals surface area contributed by atoms with Gasteiger partial charge in [-0.2, -0.15) is 0 Å². The Morgan fingerprint density at radius 2 is 0.933 bits per heavy atom. The second-order valence-electron chi connectivity index (χ2n) is 12.6. The van der Waals surface area contributed by atoms with Crippen molar-refractivity contribution in [3.8, 4) is 34.5 Å². The number of sulfonamides is 2. The molecular formula is C42H38Cl2N4O10S2. The first-order chi connectivity index (χ1) is 28.5. The molecule has 2 amide bonds. The quantitative estimate of drug-likeness (QED) is 0.0828. The van der Waals surface area contributed by atoms with E-state index in [0.29, 0.717) is 44.2 Å². The lowest BCUT2D eigenvalue weighted by Gasteiger charge is -2.13. The Labute approximate surface area is 357 Å². The SMILES string of the molecule is COc1ccc(Oc2ccc(NC(=O)Cc3ccccc3Cl)cc2S(N)(=O)=O)cc1.COc1cccc(Oc2ccc(NC(=O)Cc3ccccc3Cl)cc2S(N)(=O)=O)c1. The highest BCUT2D eigenvalue weighted by atomic mass is 35.5. The van der Waals surface area contributed by atoms with Crippen LogP contribution < -0.4 is 39.9 Å². The topological polar surface area (TPSA) is 215 Å². The number of carbonyl (C=O) groups excluding carboxylic acids is 2. The van der Waals surface area contributed by atoms with E-state index >= 15 is 0 Å². The molecule has 6 aromatic carbocycles. The Balaban J connectivity index is 0.000000228. The molecule has 0 unspecified atom stereocenters. The maximum Gasteiger partial charge on any atom is 0.241 e. The van der Waals surface area contributed by atoms with Gasteiger partial charge in [0.15, 0.2) is 0 Å². The minimum atomic E-state index is -4.12. The van der Waals surface area contributed by atoms with E-state index in [1.54, 1.807) is 97.1 Å². The molecule has 0 saturated carbocycles. The number of hydrogen-bond donors (Lipinski definition) is 4. The number of primary sulfonamides is 2. The van der Waals surface area contributed by atoms with Gasteiger partial charge in [0.05, 0.1) is 27.1 Å². The van der Waals surface area contributed by atoms with Crippen molar-refractivity contribution in [1.82, 2.24) is 0 Å². The van der Waals surface area contributed by atoms with Crippen LogP contribution in [0.4, 0.5) is 11.4 Å². The Kier molecular flexibility index (Phi) is 15.1. The highest BCUT2D eigenvalue weighted by Gasteiger charge is 2.20. The second kappa shape index (κ2) is 20.2. The Hall–Kier alpha value is -6.14. The van der Waals surface area contributed by atoms with Crippen molar-refractivity contribution in [1.29, 1.82) is 0 Å². The minimum Gasteiger partial charge on any atom is -0.497 e. The molecule has 18 heteroatoms. The molecule has 0 aromatic heterocycles. The van der Waals surface area contributed by atoms with Gasteiger partial charge < -0.3 is 29.6 Å². The van der Waals surface area contributed by atoms with Gasteiger partial charge in [-0.05, 0) is 96.1 Å². The van der Waals surface area contributed by atoms with E-state index in [0.717, 1.165) is 0 Å². The van der Waals surface area contributed by atoms with Gasteiger partial charge in [-0.25, -0.2) is 27.1 Å². The number of rotatable bonds is 14. The summed E-state index contributed by atoms with van der Waals surface area (Å²) in [6, 6.07) is 35.6. The lowest BCUT2D eigenvalue weighted by molar-refractivity contribution is -0.116. The van der Waals surface area contributed by atoms with Crippen LogP contribution in [0.25, 0.3) is 0 Å². The highest BCUT2D eigenvalue weighted by molar-refractivity contribution is 7.89. The van der Waals surface area contributed by atoms with Gasteiger partial charge in [0, 0.05) is 27.5 Å². The van der Waals surface area contributed by atoms with E-state index in [9.17, 15) is 26.4 Å². The van der Waals surface area contributed by atoms with Crippen molar-refractivity contribution in [3.63, 3.8) is 0 Å². The van der Waals surface area contributed by atoms with Crippen molar-refractivity contribution in [2.75, 3.05) is 24.9 Å². The fourth-order valence-corrected chi connectivity index (χ4v) is 7.16. The molecule has 0 spiro atoms. The van der Waals surface area contributed by atoms with Crippen molar-refractivity contribution in [3.05, 3.63) is 155 Å². The zero-order valence-electron chi connectivity index (χ0n) is 31.9. The van der Waals surface area contributed by atoms with E-state index in [1.165, 1.54) is 50.6 Å². The molecule has 6 aromatic rings. The molecule has 0 aliphatic rings. The largest absolute Gasteiger partial charge is 0.497 e. The molecule has 0 saturated heterocycles. The van der Waals surface area contributed by atoms with Gasteiger partial charge in [-0.3, -0.25) is 9.59 Å². The number of amides is 2. The molecule has 0 radical (unpaired) electrons. The molecule has 312 valence electrons. The van der Waals surface area contributed by atoms with Crippen LogP contribution >= 0.6 is 23.2 Å². The molecule has 60 heavy (non-hydrogen) atoms. The summed E-state index contributed by atoms with van der Waals surface area (Å²) in [6.45, 7) is 0. The fourth-order valence-electron chi connectivity index (χ4n) is 5.39. The van der Waals surface area contributed by atoms with E-state index in [2.05, 4.69) is 10.6 Å². The zero-order valence-corrected chi connectivity index (χ0v) is 35.1. The average Bonchev–Trinajstić information content (AvgIpc) is 3.20. The minimum absolute atomic E-state index is 0.0230. The first-order valence-corrected chi connectivity index (χ1v) is 21.4. The van der Waals surface area contributed by atoms with Gasteiger partial charge in [0.2, 0.25) is 31.9 Å². The van der Waals surface area contributed by atoms with Crippen LogP contribution in [-0.4, -0.2) is 42.9 Å². The summed E-state index contributed by atoms with van der Waals surface area (Å²) in [4.78, 5) is 24.2. The van der Waals surface area contributed by atoms with Crippen LogP contribution in [0.1, 0.15) is 11.1 Å². The van der Waals surface area contributed by atoms with Crippen molar-refractivity contribution >= 4 is 66.4 Å². The van der Waals surface area contributed by atoms with Gasteiger partial charge in [0.25, 0.3) is 0 Å². The first kappa shape index (κ1) is 45.0. The number of nitrogens with one attached hydrogen (secondary N) is 2. The molecular weight excluding hydrogens is 856 g/mol. The predicted octanol–water partition coefficient (Wildman–Crippen LogP) is 7.94. The lowest BCUT2D eigenvalue weighted by Crippen LogP contribution is -2.17. The Morgan fingerprint density at radius 3 is 1.37 bits per heavy atom. The Morgan fingerprint density at radius 1 is 0.517 bits per heavy atom.